The molecule has 0 aromatic rings. The highest BCUT2D eigenvalue weighted by Crippen LogP contribution is 2.41. The molecule has 2 aliphatic rings. The van der Waals surface area contributed by atoms with Crippen molar-refractivity contribution in [1.82, 2.24) is 4.31 Å². The number of carbonyl (C=O) groups is 1. The molecule has 1 aliphatic heterocycles. The van der Waals surface area contributed by atoms with Crippen molar-refractivity contribution >= 4 is 31.9 Å². The lowest BCUT2D eigenvalue weighted by atomic mass is 9.89. The average Bonchev–Trinajstić information content (AvgIpc) is 2.39. The van der Waals surface area contributed by atoms with Crippen LogP contribution >= 0.6 is 15.9 Å². The van der Waals surface area contributed by atoms with Gasteiger partial charge in [0.25, 0.3) is 0 Å². The van der Waals surface area contributed by atoms with E-state index < -0.39 is 26.7 Å². The largest absolute Gasteiger partial charge is 0.481 e. The van der Waals surface area contributed by atoms with Gasteiger partial charge in [0.2, 0.25) is 10.0 Å². The Labute approximate surface area is 127 Å². The van der Waals surface area contributed by atoms with Crippen LogP contribution < -0.4 is 0 Å². The van der Waals surface area contributed by atoms with Gasteiger partial charge in [-0.3, -0.25) is 4.79 Å². The topological polar surface area (TPSA) is 74.7 Å². The zero-order valence-corrected chi connectivity index (χ0v) is 13.7. The number of nitrogens with zero attached hydrogens (tertiary/aromatic N) is 1. The van der Waals surface area contributed by atoms with Crippen molar-refractivity contribution in [2.45, 2.75) is 30.9 Å². The molecule has 20 heavy (non-hydrogen) atoms. The number of sulfonamides is 1. The van der Waals surface area contributed by atoms with Gasteiger partial charge < -0.3 is 5.11 Å². The smallest absolute Gasteiger partial charge is 0.313 e. The molecule has 1 N–H and O–H groups in total. The van der Waals surface area contributed by atoms with E-state index in [0.29, 0.717) is 17.6 Å². The first-order valence-corrected chi connectivity index (χ1v) is 8.81. The summed E-state index contributed by atoms with van der Waals surface area (Å²) in [6.07, 6.45) is 7.35. The minimum atomic E-state index is -3.72. The fraction of sp³-hybridized carbons (Fsp3) is 0.615. The van der Waals surface area contributed by atoms with Crippen LogP contribution in [0.2, 0.25) is 0 Å². The van der Waals surface area contributed by atoms with Gasteiger partial charge in [-0.2, -0.15) is 0 Å². The lowest BCUT2D eigenvalue weighted by Gasteiger charge is -2.39. The summed E-state index contributed by atoms with van der Waals surface area (Å²) in [6.45, 7) is 2.43. The third-order valence-corrected chi connectivity index (χ3v) is 7.24. The summed E-state index contributed by atoms with van der Waals surface area (Å²) in [5.41, 5.74) is 0. The van der Waals surface area contributed by atoms with Crippen LogP contribution in [0.3, 0.4) is 0 Å². The monoisotopic (exact) mass is 363 g/mol. The van der Waals surface area contributed by atoms with Gasteiger partial charge in [-0.05, 0) is 19.8 Å². The summed E-state index contributed by atoms with van der Waals surface area (Å²) in [4.78, 5) is 11.5. The fourth-order valence-corrected chi connectivity index (χ4v) is 5.83. The van der Waals surface area contributed by atoms with Crippen LogP contribution in [0.5, 0.6) is 0 Å². The Morgan fingerprint density at radius 2 is 2.00 bits per heavy atom. The van der Waals surface area contributed by atoms with Gasteiger partial charge in [-0.1, -0.05) is 40.6 Å². The van der Waals surface area contributed by atoms with Crippen molar-refractivity contribution in [1.29, 1.82) is 0 Å². The lowest BCUT2D eigenvalue weighted by molar-refractivity contribution is -0.140. The molecular formula is C13H18BrNO4S. The fourth-order valence-electron chi connectivity index (χ4n) is 2.78. The van der Waals surface area contributed by atoms with Crippen molar-refractivity contribution in [3.05, 3.63) is 22.7 Å². The number of hydrogen-bond acceptors (Lipinski definition) is 3. The normalized spacial score (nSPS) is 31.9. The van der Waals surface area contributed by atoms with Crippen LogP contribution in [0.4, 0.5) is 0 Å². The number of hydrogen-bond donors (Lipinski definition) is 1. The number of aliphatic carboxylic acids is 1. The third-order valence-electron chi connectivity index (χ3n) is 3.99. The summed E-state index contributed by atoms with van der Waals surface area (Å²) in [6, 6.07) is 0. The molecule has 0 aromatic heterocycles. The van der Waals surface area contributed by atoms with E-state index in [1.807, 2.05) is 0 Å². The Hall–Kier alpha value is -0.660. The van der Waals surface area contributed by atoms with Gasteiger partial charge in [-0.15, -0.1) is 0 Å². The summed E-state index contributed by atoms with van der Waals surface area (Å²) >= 11 is 3.19. The molecule has 1 aliphatic carbocycles. The summed E-state index contributed by atoms with van der Waals surface area (Å²) in [5, 5.41) is 9.42. The quantitative estimate of drug-likeness (QED) is 0.832. The van der Waals surface area contributed by atoms with E-state index in [1.165, 1.54) is 17.3 Å². The number of rotatable bonds is 3. The van der Waals surface area contributed by atoms with Gasteiger partial charge in [0.1, 0.15) is 10.7 Å². The molecule has 1 fully saturated rings. The highest BCUT2D eigenvalue weighted by molar-refractivity contribution is 9.11. The van der Waals surface area contributed by atoms with Crippen LogP contribution in [0.1, 0.15) is 26.2 Å². The maximum atomic E-state index is 12.9. The number of carboxylic acid groups (broad SMARTS) is 1. The Morgan fingerprint density at radius 1 is 1.40 bits per heavy atom. The number of piperidine rings is 1. The van der Waals surface area contributed by atoms with E-state index in [1.54, 1.807) is 12.2 Å². The molecule has 0 spiro atoms. The van der Waals surface area contributed by atoms with E-state index in [2.05, 4.69) is 15.9 Å². The Bertz CT molecular complexity index is 563. The van der Waals surface area contributed by atoms with Crippen LogP contribution in [0.15, 0.2) is 22.7 Å². The molecule has 0 amide bonds. The predicted molar refractivity (Wildman–Crippen MR) is 80.0 cm³/mol. The molecule has 0 aromatic carbocycles. The zero-order chi connectivity index (χ0) is 15.0. The highest BCUT2D eigenvalue weighted by atomic mass is 79.9. The molecule has 2 atom stereocenters. The second kappa shape index (κ2) is 5.61. The molecule has 0 radical (unpaired) electrons. The Kier molecular flexibility index (Phi) is 4.41. The van der Waals surface area contributed by atoms with Crippen molar-refractivity contribution in [2.24, 2.45) is 5.92 Å². The van der Waals surface area contributed by atoms with Crippen molar-refractivity contribution < 1.29 is 18.3 Å². The van der Waals surface area contributed by atoms with E-state index in [0.717, 1.165) is 19.3 Å². The van der Waals surface area contributed by atoms with E-state index in [9.17, 15) is 18.3 Å². The second-order valence-corrected chi connectivity index (χ2v) is 8.59. The van der Waals surface area contributed by atoms with E-state index in [-0.39, 0.29) is 0 Å². The van der Waals surface area contributed by atoms with E-state index >= 15 is 0 Å². The van der Waals surface area contributed by atoms with E-state index in [4.69, 9.17) is 0 Å². The van der Waals surface area contributed by atoms with Gasteiger partial charge in [0.05, 0.1) is 0 Å². The molecular weight excluding hydrogens is 346 g/mol. The first-order valence-electron chi connectivity index (χ1n) is 6.58. The molecule has 7 heteroatoms. The Morgan fingerprint density at radius 3 is 2.55 bits per heavy atom. The second-order valence-electron chi connectivity index (χ2n) is 5.33. The predicted octanol–water partition coefficient (Wildman–Crippen LogP) is 2.11. The van der Waals surface area contributed by atoms with Crippen molar-refractivity contribution in [3.8, 4) is 0 Å². The first kappa shape index (κ1) is 15.7. The van der Waals surface area contributed by atoms with Crippen molar-refractivity contribution in [2.75, 3.05) is 13.1 Å². The van der Waals surface area contributed by atoms with Gasteiger partial charge in [0, 0.05) is 17.6 Å². The SMILES string of the molecule is CC1(S(=O)(=O)N2CCCCC2)C=CC=C(Br)C1C(=O)O. The van der Waals surface area contributed by atoms with Gasteiger partial charge in [0.15, 0.2) is 0 Å². The molecule has 5 nitrogen and oxygen atoms in total. The molecule has 1 heterocycles. The lowest BCUT2D eigenvalue weighted by Crippen LogP contribution is -2.53. The van der Waals surface area contributed by atoms with Crippen LogP contribution in [-0.2, 0) is 14.8 Å². The molecule has 2 rings (SSSR count). The first-order chi connectivity index (χ1) is 9.30. The standard InChI is InChI=1S/C13H18BrNO4S/c1-13(7-5-6-10(14)11(13)12(16)17)20(18,19)15-8-3-2-4-9-15/h5-7,11H,2-4,8-9H2,1H3,(H,16,17). The zero-order valence-electron chi connectivity index (χ0n) is 11.3. The third kappa shape index (κ3) is 2.46. The number of halogens is 1. The minimum Gasteiger partial charge on any atom is -0.481 e. The molecule has 0 saturated carbocycles. The summed E-state index contributed by atoms with van der Waals surface area (Å²) in [7, 11) is -3.72. The molecule has 112 valence electrons. The minimum absolute atomic E-state index is 0.385. The number of allylic oxidation sites excluding steroid dienone is 2. The average molecular weight is 364 g/mol. The maximum absolute atomic E-state index is 12.9. The molecule has 1 saturated heterocycles. The van der Waals surface area contributed by atoms with Crippen LogP contribution in [0.25, 0.3) is 0 Å². The maximum Gasteiger partial charge on any atom is 0.313 e. The van der Waals surface area contributed by atoms with Gasteiger partial charge >= 0.3 is 5.97 Å². The molecule has 2 unspecified atom stereocenters. The summed E-state index contributed by atoms with van der Waals surface area (Å²) in [5.74, 6) is -2.25. The van der Waals surface area contributed by atoms with Crippen LogP contribution in [0, 0.1) is 5.92 Å². The number of carboxylic acids is 1. The van der Waals surface area contributed by atoms with Crippen LogP contribution in [-0.4, -0.2) is 41.6 Å². The Balaban J connectivity index is 2.44. The highest BCUT2D eigenvalue weighted by Gasteiger charge is 2.52. The van der Waals surface area contributed by atoms with Crippen molar-refractivity contribution in [3.63, 3.8) is 0 Å². The summed E-state index contributed by atoms with van der Waals surface area (Å²) < 4.78 is 26.1. The van der Waals surface area contributed by atoms with Gasteiger partial charge in [-0.25, -0.2) is 12.7 Å². The molecule has 0 bridgehead atoms.